The van der Waals surface area contributed by atoms with Crippen molar-refractivity contribution in [3.63, 3.8) is 0 Å². The van der Waals surface area contributed by atoms with Crippen molar-refractivity contribution in [3.8, 4) is 0 Å². The molecule has 2 aromatic carbocycles. The molecule has 0 unspecified atom stereocenters. The van der Waals surface area contributed by atoms with E-state index in [4.69, 9.17) is 23.2 Å². The molecular formula is C21H22Cl2N2O. The molecule has 0 saturated carbocycles. The smallest absolute Gasteiger partial charge is 0.187 e. The van der Waals surface area contributed by atoms with E-state index in [1.807, 2.05) is 18.2 Å². The number of carbonyl (C=O) groups excluding carboxylic acids is 1. The van der Waals surface area contributed by atoms with Gasteiger partial charge in [-0.15, -0.1) is 0 Å². The van der Waals surface area contributed by atoms with Crippen LogP contribution in [0.4, 0.5) is 0 Å². The number of benzene rings is 2. The molecule has 0 N–H and O–H groups in total. The second kappa shape index (κ2) is 8.83. The third-order valence-electron chi connectivity index (χ3n) is 4.58. The van der Waals surface area contributed by atoms with E-state index < -0.39 is 0 Å². The standard InChI is InChI=1S/C21H22Cl2N2O/c1-24-9-11-25(12-10-24)15-17-4-2-3-16(13-17)5-8-21(26)19-7-6-18(22)14-20(19)23/h2-8,13-14H,9-12,15H2,1H3/b8-5+. The molecule has 0 aliphatic carbocycles. The quantitative estimate of drug-likeness (QED) is 0.550. The van der Waals surface area contributed by atoms with Crippen LogP contribution >= 0.6 is 23.2 Å². The lowest BCUT2D eigenvalue weighted by Crippen LogP contribution is -2.43. The molecule has 3 nitrogen and oxygen atoms in total. The van der Waals surface area contributed by atoms with E-state index in [-0.39, 0.29) is 5.78 Å². The highest BCUT2D eigenvalue weighted by atomic mass is 35.5. The third-order valence-corrected chi connectivity index (χ3v) is 5.12. The second-order valence-corrected chi connectivity index (χ2v) is 7.49. The lowest BCUT2D eigenvalue weighted by molar-refractivity contribution is 0.104. The van der Waals surface area contributed by atoms with Crippen molar-refractivity contribution < 1.29 is 4.79 Å². The Balaban J connectivity index is 1.66. The molecule has 0 aromatic heterocycles. The average Bonchev–Trinajstić information content (AvgIpc) is 2.62. The number of rotatable bonds is 5. The van der Waals surface area contributed by atoms with E-state index in [0.717, 1.165) is 38.3 Å². The van der Waals surface area contributed by atoms with Crippen LogP contribution in [0.3, 0.4) is 0 Å². The fourth-order valence-corrected chi connectivity index (χ4v) is 3.51. The Morgan fingerprint density at radius 1 is 1.08 bits per heavy atom. The van der Waals surface area contributed by atoms with Crippen LogP contribution in [-0.2, 0) is 6.54 Å². The maximum Gasteiger partial charge on any atom is 0.187 e. The minimum Gasteiger partial charge on any atom is -0.304 e. The molecule has 1 saturated heterocycles. The van der Waals surface area contributed by atoms with Gasteiger partial charge >= 0.3 is 0 Å². The van der Waals surface area contributed by atoms with Gasteiger partial charge in [0.15, 0.2) is 5.78 Å². The third kappa shape index (κ3) is 5.18. The zero-order valence-corrected chi connectivity index (χ0v) is 16.3. The van der Waals surface area contributed by atoms with Crippen molar-refractivity contribution in [2.75, 3.05) is 33.2 Å². The highest BCUT2D eigenvalue weighted by Gasteiger charge is 2.13. The van der Waals surface area contributed by atoms with Gasteiger partial charge in [-0.05, 0) is 42.4 Å². The van der Waals surface area contributed by atoms with Gasteiger partial charge in [-0.2, -0.15) is 0 Å². The monoisotopic (exact) mass is 388 g/mol. The lowest BCUT2D eigenvalue weighted by atomic mass is 10.1. The Bertz CT molecular complexity index is 811. The maximum absolute atomic E-state index is 12.4. The van der Waals surface area contributed by atoms with Crippen LogP contribution in [0.1, 0.15) is 21.5 Å². The summed E-state index contributed by atoms with van der Waals surface area (Å²) >= 11 is 12.0. The molecule has 1 fully saturated rings. The molecule has 136 valence electrons. The SMILES string of the molecule is CN1CCN(Cc2cccc(/C=C/C(=O)c3ccc(Cl)cc3Cl)c2)CC1. The predicted molar refractivity (Wildman–Crippen MR) is 109 cm³/mol. The minimum absolute atomic E-state index is 0.129. The second-order valence-electron chi connectivity index (χ2n) is 6.65. The molecule has 2 aromatic rings. The molecule has 0 spiro atoms. The molecule has 0 radical (unpaired) electrons. The zero-order chi connectivity index (χ0) is 18.5. The van der Waals surface area contributed by atoms with Crippen molar-refractivity contribution in [2.24, 2.45) is 0 Å². The molecule has 0 atom stereocenters. The summed E-state index contributed by atoms with van der Waals surface area (Å²) in [5.74, 6) is -0.129. The minimum atomic E-state index is -0.129. The molecule has 0 bridgehead atoms. The first-order valence-corrected chi connectivity index (χ1v) is 9.44. The van der Waals surface area contributed by atoms with Gasteiger partial charge in [0.05, 0.1) is 5.02 Å². The van der Waals surface area contributed by atoms with Gasteiger partial charge in [0.2, 0.25) is 0 Å². The first-order chi connectivity index (χ1) is 12.5. The van der Waals surface area contributed by atoms with Crippen LogP contribution in [0, 0.1) is 0 Å². The average molecular weight is 389 g/mol. The van der Waals surface area contributed by atoms with E-state index in [0.29, 0.717) is 15.6 Å². The molecule has 3 rings (SSSR count). The summed E-state index contributed by atoms with van der Waals surface area (Å²) in [4.78, 5) is 17.2. The Labute approximate surface area is 164 Å². The summed E-state index contributed by atoms with van der Waals surface area (Å²) in [5, 5.41) is 0.892. The number of carbonyl (C=O) groups is 1. The largest absolute Gasteiger partial charge is 0.304 e. The molecular weight excluding hydrogens is 367 g/mol. The fraction of sp³-hybridized carbons (Fsp3) is 0.286. The van der Waals surface area contributed by atoms with Crippen LogP contribution in [0.15, 0.2) is 48.5 Å². The Hall–Kier alpha value is -1.65. The van der Waals surface area contributed by atoms with Crippen LogP contribution < -0.4 is 0 Å². The van der Waals surface area contributed by atoms with Gasteiger partial charge in [-0.1, -0.05) is 53.5 Å². The van der Waals surface area contributed by atoms with Crippen molar-refractivity contribution in [2.45, 2.75) is 6.54 Å². The number of hydrogen-bond donors (Lipinski definition) is 0. The van der Waals surface area contributed by atoms with E-state index in [1.54, 1.807) is 24.3 Å². The van der Waals surface area contributed by atoms with Crippen LogP contribution in [0.2, 0.25) is 10.0 Å². The number of piperazine rings is 1. The summed E-state index contributed by atoms with van der Waals surface area (Å²) < 4.78 is 0. The van der Waals surface area contributed by atoms with E-state index in [9.17, 15) is 4.79 Å². The first kappa shape index (κ1) is 19.1. The van der Waals surface area contributed by atoms with Gasteiger partial charge < -0.3 is 4.90 Å². The van der Waals surface area contributed by atoms with Crippen molar-refractivity contribution in [1.82, 2.24) is 9.80 Å². The summed E-state index contributed by atoms with van der Waals surface area (Å²) in [6.07, 6.45) is 3.39. The van der Waals surface area contributed by atoms with E-state index in [2.05, 4.69) is 29.0 Å². The highest BCUT2D eigenvalue weighted by molar-refractivity contribution is 6.37. The van der Waals surface area contributed by atoms with E-state index >= 15 is 0 Å². The number of ketones is 1. The fourth-order valence-electron chi connectivity index (χ4n) is 3.01. The summed E-state index contributed by atoms with van der Waals surface area (Å²) in [6.45, 7) is 5.33. The van der Waals surface area contributed by atoms with Crippen LogP contribution in [0.25, 0.3) is 6.08 Å². The molecule has 5 heteroatoms. The molecule has 1 aliphatic rings. The van der Waals surface area contributed by atoms with Crippen LogP contribution in [0.5, 0.6) is 0 Å². The highest BCUT2D eigenvalue weighted by Crippen LogP contribution is 2.22. The lowest BCUT2D eigenvalue weighted by Gasteiger charge is -2.32. The van der Waals surface area contributed by atoms with Crippen molar-refractivity contribution in [1.29, 1.82) is 0 Å². The Kier molecular flexibility index (Phi) is 6.49. The molecule has 1 heterocycles. The molecule has 0 amide bonds. The van der Waals surface area contributed by atoms with Gasteiger partial charge in [0, 0.05) is 43.3 Å². The van der Waals surface area contributed by atoms with Gasteiger partial charge in [0.25, 0.3) is 0 Å². The summed E-state index contributed by atoms with van der Waals surface area (Å²) in [7, 11) is 2.16. The van der Waals surface area contributed by atoms with Crippen LogP contribution in [-0.4, -0.2) is 48.8 Å². The topological polar surface area (TPSA) is 23.6 Å². The number of hydrogen-bond acceptors (Lipinski definition) is 3. The Morgan fingerprint density at radius 3 is 2.58 bits per heavy atom. The molecule has 26 heavy (non-hydrogen) atoms. The molecule has 1 aliphatic heterocycles. The first-order valence-electron chi connectivity index (χ1n) is 8.68. The predicted octanol–water partition coefficient (Wildman–Crippen LogP) is 4.64. The summed E-state index contributed by atoms with van der Waals surface area (Å²) in [5.41, 5.74) is 2.73. The number of nitrogens with zero attached hydrogens (tertiary/aromatic N) is 2. The Morgan fingerprint density at radius 2 is 1.85 bits per heavy atom. The zero-order valence-electron chi connectivity index (χ0n) is 14.8. The van der Waals surface area contributed by atoms with Gasteiger partial charge in [0.1, 0.15) is 0 Å². The van der Waals surface area contributed by atoms with Gasteiger partial charge in [-0.25, -0.2) is 0 Å². The number of halogens is 2. The van der Waals surface area contributed by atoms with Crippen molar-refractivity contribution >= 4 is 35.1 Å². The number of allylic oxidation sites excluding steroid dienone is 1. The van der Waals surface area contributed by atoms with Gasteiger partial charge in [-0.3, -0.25) is 9.69 Å². The number of likely N-dealkylation sites (N-methyl/N-ethyl adjacent to an activating group) is 1. The van der Waals surface area contributed by atoms with E-state index in [1.165, 1.54) is 5.56 Å². The summed E-state index contributed by atoms with van der Waals surface area (Å²) in [6, 6.07) is 13.2. The normalized spacial score (nSPS) is 16.3. The van der Waals surface area contributed by atoms with Crippen molar-refractivity contribution in [3.05, 3.63) is 75.3 Å². The maximum atomic E-state index is 12.4.